The highest BCUT2D eigenvalue weighted by Gasteiger charge is 2.46. The number of hydrogen-bond acceptors (Lipinski definition) is 7. The van der Waals surface area contributed by atoms with Gasteiger partial charge in [0.05, 0.1) is 46.9 Å². The van der Waals surface area contributed by atoms with Gasteiger partial charge < -0.3 is 15.0 Å². The average molecular weight is 458 g/mol. The van der Waals surface area contributed by atoms with E-state index in [2.05, 4.69) is 16.3 Å². The lowest BCUT2D eigenvalue weighted by molar-refractivity contribution is 0.0602. The van der Waals surface area contributed by atoms with Crippen molar-refractivity contribution in [3.05, 3.63) is 62.9 Å². The molecule has 8 heteroatoms. The number of aryl methyl sites for hydroxylation is 1. The van der Waals surface area contributed by atoms with Crippen LogP contribution in [0, 0.1) is 30.1 Å². The Morgan fingerprint density at radius 2 is 2.00 bits per heavy atom. The lowest BCUT2D eigenvalue weighted by Crippen LogP contribution is -2.31. The predicted molar refractivity (Wildman–Crippen MR) is 130 cm³/mol. The number of nitrogens with zero attached hydrogens (tertiary/aromatic N) is 4. The molecule has 8 nitrogen and oxygen atoms in total. The number of benzene rings is 2. The molecular weight excluding hydrogens is 430 g/mol. The molecule has 5 rings (SSSR count). The molecule has 174 valence electrons. The summed E-state index contributed by atoms with van der Waals surface area (Å²) in [5, 5.41) is 13.3. The maximum absolute atomic E-state index is 13.3. The number of aromatic nitrogens is 2. The zero-order valence-electron chi connectivity index (χ0n) is 19.8. The van der Waals surface area contributed by atoms with Gasteiger partial charge in [-0.1, -0.05) is 6.07 Å². The smallest absolute Gasteiger partial charge is 0.339 e. The van der Waals surface area contributed by atoms with E-state index < -0.39 is 5.97 Å². The predicted octanol–water partition coefficient (Wildman–Crippen LogP) is 3.53. The summed E-state index contributed by atoms with van der Waals surface area (Å²) >= 11 is 0. The summed E-state index contributed by atoms with van der Waals surface area (Å²) in [4.78, 5) is 32.8. The molecule has 0 bridgehead atoms. The highest BCUT2D eigenvalue weighted by atomic mass is 16.5. The molecule has 1 N–H and O–H groups in total. The molecule has 34 heavy (non-hydrogen) atoms. The van der Waals surface area contributed by atoms with Crippen molar-refractivity contribution in [2.45, 2.75) is 26.3 Å². The van der Waals surface area contributed by atoms with Gasteiger partial charge in [0.1, 0.15) is 0 Å². The summed E-state index contributed by atoms with van der Waals surface area (Å²) in [5.74, 6) is 1.64. The molecule has 1 saturated heterocycles. The van der Waals surface area contributed by atoms with Gasteiger partial charge in [-0.15, -0.1) is 0 Å². The standard InChI is InChI=1S/C26H27N5O3/c1-14-7-20(15(2)28-22-9-16(11-27)5-6-19(22)25(33)34-4)23-21(8-14)24(32)30(3)26(29-23)31-12-17-10-18(17)13-31/h5-9,15,17-18,28H,10,12-13H2,1-4H3. The summed E-state index contributed by atoms with van der Waals surface area (Å²) < 4.78 is 6.57. The first-order valence-electron chi connectivity index (χ1n) is 11.5. The monoisotopic (exact) mass is 457 g/mol. The Labute approximate surface area is 197 Å². The third kappa shape index (κ3) is 3.67. The zero-order valence-corrected chi connectivity index (χ0v) is 19.8. The van der Waals surface area contributed by atoms with E-state index >= 15 is 0 Å². The number of carbonyl (C=O) groups is 1. The second kappa shape index (κ2) is 8.17. The number of hydrogen-bond donors (Lipinski definition) is 1. The van der Waals surface area contributed by atoms with Gasteiger partial charge >= 0.3 is 5.97 Å². The molecule has 2 heterocycles. The number of carbonyl (C=O) groups excluding carboxylic acids is 1. The third-order valence-corrected chi connectivity index (χ3v) is 6.98. The van der Waals surface area contributed by atoms with E-state index in [1.54, 1.807) is 29.8 Å². The van der Waals surface area contributed by atoms with E-state index in [4.69, 9.17) is 9.72 Å². The van der Waals surface area contributed by atoms with Gasteiger partial charge in [0, 0.05) is 25.7 Å². The maximum atomic E-state index is 13.3. The van der Waals surface area contributed by atoms with Crippen LogP contribution in [0.3, 0.4) is 0 Å². The Kier molecular flexibility index (Phi) is 5.28. The Balaban J connectivity index is 1.60. The number of anilines is 2. The number of nitrogens with one attached hydrogen (secondary N) is 1. The molecular formula is C26H27N5O3. The molecule has 1 aliphatic carbocycles. The second-order valence-electron chi connectivity index (χ2n) is 9.42. The first-order chi connectivity index (χ1) is 16.3. The normalized spacial score (nSPS) is 19.4. The van der Waals surface area contributed by atoms with Crippen molar-refractivity contribution in [3.8, 4) is 6.07 Å². The zero-order chi connectivity index (χ0) is 24.1. The Bertz CT molecular complexity index is 1410. The lowest BCUT2D eigenvalue weighted by atomic mass is 10.00. The number of esters is 1. The minimum absolute atomic E-state index is 0.0700. The van der Waals surface area contributed by atoms with E-state index in [0.717, 1.165) is 36.1 Å². The summed E-state index contributed by atoms with van der Waals surface area (Å²) in [7, 11) is 3.11. The molecule has 3 atom stereocenters. The minimum Gasteiger partial charge on any atom is -0.465 e. The van der Waals surface area contributed by atoms with E-state index in [1.807, 2.05) is 26.0 Å². The van der Waals surface area contributed by atoms with Crippen LogP contribution in [-0.2, 0) is 11.8 Å². The van der Waals surface area contributed by atoms with Gasteiger partial charge in [-0.3, -0.25) is 9.36 Å². The highest BCUT2D eigenvalue weighted by molar-refractivity contribution is 5.96. The van der Waals surface area contributed by atoms with Crippen LogP contribution in [0.25, 0.3) is 10.9 Å². The molecule has 1 aromatic heterocycles. The van der Waals surface area contributed by atoms with Gasteiger partial charge in [0.15, 0.2) is 0 Å². The number of methoxy groups -OCH3 is 1. The number of nitriles is 1. The number of rotatable bonds is 5. The van der Waals surface area contributed by atoms with Crippen molar-refractivity contribution >= 4 is 28.5 Å². The summed E-state index contributed by atoms with van der Waals surface area (Å²) in [5.41, 5.74) is 3.65. The average Bonchev–Trinajstić information content (AvgIpc) is 3.45. The molecule has 2 fully saturated rings. The van der Waals surface area contributed by atoms with Crippen molar-refractivity contribution < 1.29 is 9.53 Å². The summed E-state index contributed by atoms with van der Waals surface area (Å²) in [6.07, 6.45) is 1.27. The van der Waals surface area contributed by atoms with Gasteiger partial charge in [-0.05, 0) is 61.9 Å². The first kappa shape index (κ1) is 22.0. The number of ether oxygens (including phenoxy) is 1. The van der Waals surface area contributed by atoms with Crippen LogP contribution >= 0.6 is 0 Å². The van der Waals surface area contributed by atoms with Crippen LogP contribution in [0.2, 0.25) is 0 Å². The molecule has 3 unspecified atom stereocenters. The maximum Gasteiger partial charge on any atom is 0.339 e. The van der Waals surface area contributed by atoms with Crippen molar-refractivity contribution in [1.29, 1.82) is 5.26 Å². The van der Waals surface area contributed by atoms with Crippen LogP contribution in [0.15, 0.2) is 35.1 Å². The topological polar surface area (TPSA) is 100 Å². The molecule has 0 spiro atoms. The summed E-state index contributed by atoms with van der Waals surface area (Å²) in [6.45, 7) is 5.79. The molecule has 0 amide bonds. The van der Waals surface area contributed by atoms with Crippen LogP contribution < -0.4 is 15.8 Å². The van der Waals surface area contributed by atoms with Gasteiger partial charge in [0.25, 0.3) is 5.56 Å². The van der Waals surface area contributed by atoms with E-state index in [-0.39, 0.29) is 11.6 Å². The van der Waals surface area contributed by atoms with Gasteiger partial charge in [-0.25, -0.2) is 9.78 Å². The van der Waals surface area contributed by atoms with Crippen molar-refractivity contribution in [1.82, 2.24) is 9.55 Å². The fourth-order valence-electron chi connectivity index (χ4n) is 5.05. The number of piperidine rings is 1. The van der Waals surface area contributed by atoms with Crippen LogP contribution in [0.4, 0.5) is 11.6 Å². The lowest BCUT2D eigenvalue weighted by Gasteiger charge is -2.24. The number of fused-ring (bicyclic) bond motifs is 2. The van der Waals surface area contributed by atoms with Crippen molar-refractivity contribution in [3.63, 3.8) is 0 Å². The minimum atomic E-state index is -0.491. The second-order valence-corrected chi connectivity index (χ2v) is 9.42. The highest BCUT2D eigenvalue weighted by Crippen LogP contribution is 2.46. The fourth-order valence-corrected chi connectivity index (χ4v) is 5.05. The molecule has 3 aromatic rings. The first-order valence-corrected chi connectivity index (χ1v) is 11.5. The summed E-state index contributed by atoms with van der Waals surface area (Å²) in [6, 6.07) is 10.5. The Morgan fingerprint density at radius 3 is 2.68 bits per heavy atom. The largest absolute Gasteiger partial charge is 0.465 e. The van der Waals surface area contributed by atoms with Crippen molar-refractivity contribution in [2.75, 3.05) is 30.4 Å². The van der Waals surface area contributed by atoms with E-state index in [1.165, 1.54) is 13.5 Å². The van der Waals surface area contributed by atoms with Crippen LogP contribution in [0.5, 0.6) is 0 Å². The Morgan fingerprint density at radius 1 is 1.26 bits per heavy atom. The van der Waals surface area contributed by atoms with Gasteiger partial charge in [0.2, 0.25) is 5.95 Å². The molecule has 1 saturated carbocycles. The van der Waals surface area contributed by atoms with Crippen LogP contribution in [0.1, 0.15) is 46.4 Å². The van der Waals surface area contributed by atoms with Crippen LogP contribution in [-0.4, -0.2) is 35.7 Å². The van der Waals surface area contributed by atoms with Crippen molar-refractivity contribution in [2.24, 2.45) is 18.9 Å². The molecule has 2 aromatic carbocycles. The van der Waals surface area contributed by atoms with E-state index in [9.17, 15) is 14.9 Å². The van der Waals surface area contributed by atoms with E-state index in [0.29, 0.717) is 33.7 Å². The third-order valence-electron chi connectivity index (χ3n) is 6.98. The SMILES string of the molecule is COC(=O)c1ccc(C#N)cc1NC(C)c1cc(C)cc2c(=O)n(C)c(N3CC4CC4C3)nc12. The Hall–Kier alpha value is -3.86. The van der Waals surface area contributed by atoms with Gasteiger partial charge in [-0.2, -0.15) is 5.26 Å². The fraction of sp³-hybridized carbons (Fsp3) is 0.385. The quantitative estimate of drug-likeness (QED) is 0.585. The molecule has 2 aliphatic rings. The molecule has 1 aliphatic heterocycles. The molecule has 0 radical (unpaired) electrons.